The molecule has 6 nitrogen and oxygen atoms in total. The molecule has 0 bridgehead atoms. The van der Waals surface area contributed by atoms with Gasteiger partial charge >= 0.3 is 0 Å². The minimum Gasteiger partial charge on any atom is -0.361 e. The Balaban J connectivity index is 1.44. The summed E-state index contributed by atoms with van der Waals surface area (Å²) in [6, 6.07) is 14.3. The van der Waals surface area contributed by atoms with Crippen molar-refractivity contribution in [1.29, 1.82) is 0 Å². The molecule has 128 valence electrons. The van der Waals surface area contributed by atoms with Gasteiger partial charge < -0.3 is 10.3 Å². The van der Waals surface area contributed by atoms with Crippen LogP contribution < -0.4 is 5.32 Å². The zero-order chi connectivity index (χ0) is 17.6. The number of nitro groups is 1. The summed E-state index contributed by atoms with van der Waals surface area (Å²) in [4.78, 5) is 26.2. The molecule has 0 unspecified atom stereocenters. The molecule has 0 radical (unpaired) electrons. The van der Waals surface area contributed by atoms with Crippen molar-refractivity contribution in [3.8, 4) is 0 Å². The van der Waals surface area contributed by atoms with E-state index in [0.717, 1.165) is 16.8 Å². The quantitative estimate of drug-likeness (QED) is 0.385. The Bertz CT molecular complexity index is 890. The van der Waals surface area contributed by atoms with Gasteiger partial charge in [0.15, 0.2) is 0 Å². The molecule has 7 heteroatoms. The molecule has 1 heterocycles. The zero-order valence-electron chi connectivity index (χ0n) is 13.4. The van der Waals surface area contributed by atoms with E-state index in [2.05, 4.69) is 16.4 Å². The van der Waals surface area contributed by atoms with E-state index in [9.17, 15) is 14.9 Å². The highest BCUT2D eigenvalue weighted by molar-refractivity contribution is 8.00. The highest BCUT2D eigenvalue weighted by atomic mass is 32.2. The highest BCUT2D eigenvalue weighted by Gasteiger charge is 2.07. The van der Waals surface area contributed by atoms with Crippen molar-refractivity contribution < 1.29 is 9.72 Å². The van der Waals surface area contributed by atoms with E-state index in [1.807, 2.05) is 24.4 Å². The van der Waals surface area contributed by atoms with Crippen LogP contribution >= 0.6 is 11.8 Å². The third kappa shape index (κ3) is 4.39. The van der Waals surface area contributed by atoms with Crippen LogP contribution in [0.2, 0.25) is 0 Å². The fraction of sp³-hybridized carbons (Fsp3) is 0.167. The van der Waals surface area contributed by atoms with E-state index in [4.69, 9.17) is 0 Å². The first-order valence-electron chi connectivity index (χ1n) is 7.82. The fourth-order valence-electron chi connectivity index (χ4n) is 2.54. The molecule has 0 saturated carbocycles. The number of para-hydroxylation sites is 1. The average molecular weight is 355 g/mol. The number of aromatic amines is 1. The number of fused-ring (bicyclic) bond motifs is 1. The Kier molecular flexibility index (Phi) is 5.35. The van der Waals surface area contributed by atoms with Crippen LogP contribution in [0.5, 0.6) is 0 Å². The van der Waals surface area contributed by atoms with Gasteiger partial charge in [0.25, 0.3) is 5.69 Å². The van der Waals surface area contributed by atoms with Gasteiger partial charge in [-0.15, -0.1) is 11.8 Å². The van der Waals surface area contributed by atoms with Crippen LogP contribution in [0.15, 0.2) is 59.6 Å². The maximum atomic E-state index is 11.9. The summed E-state index contributed by atoms with van der Waals surface area (Å²) in [6.07, 6.45) is 2.74. The molecule has 0 aliphatic rings. The molecule has 1 aromatic heterocycles. The van der Waals surface area contributed by atoms with Crippen LogP contribution in [-0.2, 0) is 11.2 Å². The zero-order valence-corrected chi connectivity index (χ0v) is 14.2. The summed E-state index contributed by atoms with van der Waals surface area (Å²) >= 11 is 1.36. The van der Waals surface area contributed by atoms with Gasteiger partial charge in [-0.25, -0.2) is 0 Å². The second-order valence-corrected chi connectivity index (χ2v) is 6.55. The van der Waals surface area contributed by atoms with Gasteiger partial charge in [-0.1, -0.05) is 18.2 Å². The summed E-state index contributed by atoms with van der Waals surface area (Å²) in [6.45, 7) is 0.571. The Labute approximate surface area is 148 Å². The number of nitro benzene ring substituents is 1. The first-order chi connectivity index (χ1) is 12.1. The largest absolute Gasteiger partial charge is 0.361 e. The smallest absolute Gasteiger partial charge is 0.269 e. The van der Waals surface area contributed by atoms with Crippen LogP contribution in [0.4, 0.5) is 5.69 Å². The lowest BCUT2D eigenvalue weighted by atomic mass is 10.1. The maximum Gasteiger partial charge on any atom is 0.269 e. The Morgan fingerprint density at radius 2 is 1.92 bits per heavy atom. The number of amides is 1. The minimum absolute atomic E-state index is 0.0486. The first-order valence-corrected chi connectivity index (χ1v) is 8.81. The van der Waals surface area contributed by atoms with Crippen molar-refractivity contribution in [2.75, 3.05) is 12.3 Å². The number of hydrogen-bond donors (Lipinski definition) is 2. The molecule has 3 aromatic rings. The maximum absolute atomic E-state index is 11.9. The van der Waals surface area contributed by atoms with Crippen LogP contribution in [0.25, 0.3) is 10.9 Å². The van der Waals surface area contributed by atoms with Gasteiger partial charge in [-0.05, 0) is 30.2 Å². The van der Waals surface area contributed by atoms with Gasteiger partial charge in [0.05, 0.1) is 10.7 Å². The topological polar surface area (TPSA) is 88.0 Å². The number of aromatic nitrogens is 1. The molecular weight excluding hydrogens is 338 g/mol. The van der Waals surface area contributed by atoms with Gasteiger partial charge in [-0.2, -0.15) is 0 Å². The van der Waals surface area contributed by atoms with Crippen LogP contribution in [0.3, 0.4) is 0 Å². The normalized spacial score (nSPS) is 10.7. The Morgan fingerprint density at radius 3 is 2.68 bits per heavy atom. The molecular formula is C18H17N3O3S. The number of nitrogens with zero attached hydrogens (tertiary/aromatic N) is 1. The van der Waals surface area contributed by atoms with E-state index in [1.54, 1.807) is 12.1 Å². The molecule has 2 aromatic carbocycles. The predicted molar refractivity (Wildman–Crippen MR) is 98.8 cm³/mol. The number of H-pyrrole nitrogens is 1. The van der Waals surface area contributed by atoms with Gasteiger partial charge in [-0.3, -0.25) is 14.9 Å². The SMILES string of the molecule is O=C(CSc1ccc([N+](=O)[O-])cc1)NCCc1c[nH]c2ccccc12. The number of non-ortho nitro benzene ring substituents is 1. The van der Waals surface area contributed by atoms with E-state index in [1.165, 1.54) is 34.8 Å². The first kappa shape index (κ1) is 17.0. The molecule has 3 rings (SSSR count). The molecule has 0 saturated heterocycles. The van der Waals surface area contributed by atoms with Crippen molar-refractivity contribution in [3.05, 3.63) is 70.4 Å². The number of carbonyl (C=O) groups excluding carboxylic acids is 1. The molecule has 25 heavy (non-hydrogen) atoms. The van der Waals surface area contributed by atoms with E-state index >= 15 is 0 Å². The van der Waals surface area contributed by atoms with Crippen molar-refractivity contribution >= 4 is 34.3 Å². The summed E-state index contributed by atoms with van der Waals surface area (Å²) in [5.74, 6) is 0.231. The van der Waals surface area contributed by atoms with Crippen molar-refractivity contribution in [1.82, 2.24) is 10.3 Å². The molecule has 0 aliphatic heterocycles. The summed E-state index contributed by atoms with van der Waals surface area (Å²) in [5.41, 5.74) is 2.32. The van der Waals surface area contributed by atoms with Crippen molar-refractivity contribution in [3.63, 3.8) is 0 Å². The molecule has 0 atom stereocenters. The number of nitrogens with one attached hydrogen (secondary N) is 2. The number of hydrogen-bond acceptors (Lipinski definition) is 4. The minimum atomic E-state index is -0.439. The third-order valence-corrected chi connectivity index (χ3v) is 4.82. The van der Waals surface area contributed by atoms with Crippen LogP contribution in [0.1, 0.15) is 5.56 Å². The molecule has 0 aliphatic carbocycles. The fourth-order valence-corrected chi connectivity index (χ4v) is 3.27. The monoisotopic (exact) mass is 355 g/mol. The van der Waals surface area contributed by atoms with Crippen LogP contribution in [0, 0.1) is 10.1 Å². The number of carbonyl (C=O) groups is 1. The van der Waals surface area contributed by atoms with Gasteiger partial charge in [0.1, 0.15) is 0 Å². The molecule has 1 amide bonds. The highest BCUT2D eigenvalue weighted by Crippen LogP contribution is 2.21. The number of thioether (sulfide) groups is 1. The lowest BCUT2D eigenvalue weighted by molar-refractivity contribution is -0.384. The van der Waals surface area contributed by atoms with Gasteiger partial charge in [0, 0.05) is 40.7 Å². The lowest BCUT2D eigenvalue weighted by Gasteiger charge is -2.05. The Hall–Kier alpha value is -2.80. The summed E-state index contributed by atoms with van der Waals surface area (Å²) in [7, 11) is 0. The summed E-state index contributed by atoms with van der Waals surface area (Å²) < 4.78 is 0. The second-order valence-electron chi connectivity index (χ2n) is 5.50. The number of rotatable bonds is 7. The molecule has 0 fully saturated rings. The predicted octanol–water partition coefficient (Wildman–Crippen LogP) is 3.53. The Morgan fingerprint density at radius 1 is 1.16 bits per heavy atom. The van der Waals surface area contributed by atoms with Gasteiger partial charge in [0.2, 0.25) is 5.91 Å². The standard InChI is InChI=1S/C18H17N3O3S/c22-18(12-25-15-7-5-14(6-8-15)21(23)24)19-10-9-13-11-20-17-4-2-1-3-16(13)17/h1-8,11,20H,9-10,12H2,(H,19,22). The van der Waals surface area contributed by atoms with E-state index < -0.39 is 4.92 Å². The van der Waals surface area contributed by atoms with E-state index in [-0.39, 0.29) is 17.3 Å². The van der Waals surface area contributed by atoms with Crippen molar-refractivity contribution in [2.24, 2.45) is 0 Å². The second kappa shape index (κ2) is 7.85. The number of benzene rings is 2. The third-order valence-electron chi connectivity index (χ3n) is 3.81. The lowest BCUT2D eigenvalue weighted by Crippen LogP contribution is -2.27. The molecule has 2 N–H and O–H groups in total. The van der Waals surface area contributed by atoms with Crippen molar-refractivity contribution in [2.45, 2.75) is 11.3 Å². The summed E-state index contributed by atoms with van der Waals surface area (Å²) in [5, 5.41) is 14.7. The van der Waals surface area contributed by atoms with E-state index in [0.29, 0.717) is 6.54 Å². The molecule has 0 spiro atoms. The average Bonchev–Trinajstić information content (AvgIpc) is 3.04. The van der Waals surface area contributed by atoms with Crippen LogP contribution in [-0.4, -0.2) is 28.1 Å².